The summed E-state index contributed by atoms with van der Waals surface area (Å²) in [4.78, 5) is 51.2. The number of para-hydroxylation sites is 1. The molecule has 37 heavy (non-hydrogen) atoms. The van der Waals surface area contributed by atoms with E-state index in [1.165, 1.54) is 4.88 Å². The van der Waals surface area contributed by atoms with Gasteiger partial charge in [0.05, 0.1) is 5.56 Å². The molecule has 10 heteroatoms. The summed E-state index contributed by atoms with van der Waals surface area (Å²) in [6, 6.07) is 10.5. The van der Waals surface area contributed by atoms with Gasteiger partial charge in [0.1, 0.15) is 17.2 Å². The Labute approximate surface area is 217 Å². The second-order valence-corrected chi connectivity index (χ2v) is 10.2. The lowest BCUT2D eigenvalue weighted by Crippen LogP contribution is -2.35. The summed E-state index contributed by atoms with van der Waals surface area (Å²) in [5, 5.41) is 15.3. The Morgan fingerprint density at radius 1 is 1.14 bits per heavy atom. The van der Waals surface area contributed by atoms with E-state index in [0.29, 0.717) is 16.0 Å². The zero-order valence-electron chi connectivity index (χ0n) is 20.5. The molecule has 3 heterocycles. The maximum absolute atomic E-state index is 13.6. The molecule has 2 aliphatic rings. The molecule has 1 aliphatic carbocycles. The van der Waals surface area contributed by atoms with Gasteiger partial charge in [-0.3, -0.25) is 14.4 Å². The summed E-state index contributed by atoms with van der Waals surface area (Å²) in [7, 11) is 0. The lowest BCUT2D eigenvalue weighted by molar-refractivity contribution is -0.140. The van der Waals surface area contributed by atoms with E-state index in [2.05, 4.69) is 10.6 Å². The first-order chi connectivity index (χ1) is 17.7. The Balaban J connectivity index is 1.55. The predicted molar refractivity (Wildman–Crippen MR) is 140 cm³/mol. The van der Waals surface area contributed by atoms with Crippen molar-refractivity contribution in [1.29, 1.82) is 0 Å². The lowest BCUT2D eigenvalue weighted by atomic mass is 9.95. The van der Waals surface area contributed by atoms with Crippen LogP contribution in [-0.2, 0) is 22.4 Å². The zero-order valence-corrected chi connectivity index (χ0v) is 21.3. The largest absolute Gasteiger partial charge is 0.480 e. The second-order valence-electron chi connectivity index (χ2n) is 9.15. The molecule has 9 nitrogen and oxygen atoms in total. The molecule has 1 aromatic carbocycles. The van der Waals surface area contributed by atoms with Gasteiger partial charge in [-0.2, -0.15) is 0 Å². The minimum Gasteiger partial charge on any atom is -0.480 e. The Kier molecular flexibility index (Phi) is 6.43. The number of carbonyl (C=O) groups is 4. The van der Waals surface area contributed by atoms with Crippen molar-refractivity contribution in [2.24, 2.45) is 0 Å². The van der Waals surface area contributed by atoms with Crippen LogP contribution in [0.2, 0.25) is 0 Å². The van der Waals surface area contributed by atoms with Crippen LogP contribution in [0.25, 0.3) is 11.1 Å². The third-order valence-corrected chi connectivity index (χ3v) is 7.92. The molecule has 0 atom stereocenters. The molecule has 1 aliphatic heterocycles. The van der Waals surface area contributed by atoms with Gasteiger partial charge in [-0.15, -0.1) is 11.3 Å². The minimum absolute atomic E-state index is 0.0130. The van der Waals surface area contributed by atoms with Crippen LogP contribution in [-0.4, -0.2) is 44.9 Å². The number of aryl methyl sites for hydroxylation is 2. The fourth-order valence-electron chi connectivity index (χ4n) is 4.91. The van der Waals surface area contributed by atoms with E-state index in [1.54, 1.807) is 17.4 Å². The highest BCUT2D eigenvalue weighted by Crippen LogP contribution is 2.39. The number of imide groups is 1. The van der Waals surface area contributed by atoms with Gasteiger partial charge in [-0.1, -0.05) is 18.2 Å². The van der Waals surface area contributed by atoms with Gasteiger partial charge >= 0.3 is 12.0 Å². The number of aliphatic carboxylic acids is 1. The molecular weight excluding hydrogens is 492 g/mol. The Bertz CT molecular complexity index is 1470. The Hall–Kier alpha value is -4.18. The minimum atomic E-state index is -1.27. The van der Waals surface area contributed by atoms with Crippen LogP contribution >= 0.6 is 11.3 Å². The van der Waals surface area contributed by atoms with Crippen LogP contribution in [0.15, 0.2) is 42.1 Å². The molecule has 0 spiro atoms. The number of rotatable bonds is 6. The van der Waals surface area contributed by atoms with Crippen LogP contribution < -0.4 is 10.6 Å². The number of hydrogen-bond acceptors (Lipinski definition) is 5. The maximum Gasteiger partial charge on any atom is 0.329 e. The molecule has 3 N–H and O–H groups in total. The van der Waals surface area contributed by atoms with Crippen LogP contribution in [0.3, 0.4) is 0 Å². The maximum atomic E-state index is 13.6. The van der Waals surface area contributed by atoms with Crippen molar-refractivity contribution in [2.75, 3.05) is 11.9 Å². The van der Waals surface area contributed by atoms with E-state index in [0.717, 1.165) is 53.3 Å². The predicted octanol–water partition coefficient (Wildman–Crippen LogP) is 4.26. The normalized spacial score (nSPS) is 16.2. The number of hydrogen-bond donors (Lipinski definition) is 3. The molecule has 5 rings (SSSR count). The zero-order chi connectivity index (χ0) is 26.3. The number of fused-ring (bicyclic) bond motifs is 1. The average Bonchev–Trinajstić information content (AvgIpc) is 3.46. The number of nitrogens with zero attached hydrogens (tertiary/aromatic N) is 2. The van der Waals surface area contributed by atoms with E-state index < -0.39 is 24.5 Å². The van der Waals surface area contributed by atoms with Crippen molar-refractivity contribution in [2.45, 2.75) is 39.5 Å². The number of benzene rings is 1. The van der Waals surface area contributed by atoms with Crippen LogP contribution in [0.1, 0.15) is 50.6 Å². The number of carboxylic acid groups (broad SMARTS) is 1. The summed E-state index contributed by atoms with van der Waals surface area (Å²) in [5.74, 6) is -2.12. The molecule has 0 bridgehead atoms. The molecule has 0 saturated carbocycles. The summed E-state index contributed by atoms with van der Waals surface area (Å²) in [5.41, 5.74) is 4.86. The van der Waals surface area contributed by atoms with E-state index >= 15 is 0 Å². The number of anilines is 1. The van der Waals surface area contributed by atoms with Crippen LogP contribution in [0.4, 0.5) is 10.5 Å². The van der Waals surface area contributed by atoms with Crippen LogP contribution in [0.5, 0.6) is 0 Å². The number of carbonyl (C=O) groups excluding carboxylic acids is 3. The van der Waals surface area contributed by atoms with Gasteiger partial charge in [0, 0.05) is 22.0 Å². The Morgan fingerprint density at radius 2 is 1.86 bits per heavy atom. The summed E-state index contributed by atoms with van der Waals surface area (Å²) < 4.78 is 2.02. The van der Waals surface area contributed by atoms with Gasteiger partial charge in [0.15, 0.2) is 0 Å². The van der Waals surface area contributed by atoms with E-state index in [1.807, 2.05) is 54.8 Å². The smallest absolute Gasteiger partial charge is 0.329 e. The van der Waals surface area contributed by atoms with Crippen molar-refractivity contribution in [3.63, 3.8) is 0 Å². The third kappa shape index (κ3) is 4.55. The van der Waals surface area contributed by atoms with Crippen molar-refractivity contribution in [3.8, 4) is 5.00 Å². The number of amides is 4. The molecule has 190 valence electrons. The molecule has 0 radical (unpaired) electrons. The lowest BCUT2D eigenvalue weighted by Gasteiger charge is -2.14. The van der Waals surface area contributed by atoms with Crippen molar-refractivity contribution in [3.05, 3.63) is 75.1 Å². The SMILES string of the molecule is Cc1cc(/C=C2/NC(=O)N(CC(=O)O)C2=O)c(C)n1-c1sc2c(c1C(=O)Nc1ccccc1)CCCC2. The molecule has 1 saturated heterocycles. The first kappa shape index (κ1) is 24.5. The standard InChI is InChI=1S/C27H26N4O5S/c1-15-12-17(13-20-25(35)30(14-22(32)33)27(36)29-20)16(2)31(15)26-23(19-10-6-7-11-21(19)37-26)24(34)28-18-8-4-3-5-9-18/h3-5,8-9,12-13H,6-7,10-11,14H2,1-2H3,(H,28,34)(H,29,36)(H,32,33)/b20-13+. The van der Waals surface area contributed by atoms with Crippen molar-refractivity contribution >= 4 is 46.9 Å². The summed E-state index contributed by atoms with van der Waals surface area (Å²) >= 11 is 1.62. The number of urea groups is 1. The van der Waals surface area contributed by atoms with E-state index in [9.17, 15) is 19.2 Å². The molecular formula is C27H26N4O5S. The van der Waals surface area contributed by atoms with E-state index in [-0.39, 0.29) is 11.6 Å². The first-order valence-corrected chi connectivity index (χ1v) is 12.8. The molecule has 0 unspecified atom stereocenters. The van der Waals surface area contributed by atoms with E-state index in [4.69, 9.17) is 5.11 Å². The van der Waals surface area contributed by atoms with Gasteiger partial charge in [0.25, 0.3) is 11.8 Å². The van der Waals surface area contributed by atoms with Crippen molar-refractivity contribution < 1.29 is 24.3 Å². The number of carboxylic acids is 1. The average molecular weight is 519 g/mol. The van der Waals surface area contributed by atoms with Gasteiger partial charge < -0.3 is 20.3 Å². The van der Waals surface area contributed by atoms with Gasteiger partial charge in [-0.25, -0.2) is 9.69 Å². The Morgan fingerprint density at radius 3 is 2.59 bits per heavy atom. The highest BCUT2D eigenvalue weighted by Gasteiger charge is 2.35. The fourth-order valence-corrected chi connectivity index (χ4v) is 6.41. The summed E-state index contributed by atoms with van der Waals surface area (Å²) in [6.45, 7) is 3.12. The van der Waals surface area contributed by atoms with Crippen LogP contribution in [0, 0.1) is 13.8 Å². The summed E-state index contributed by atoms with van der Waals surface area (Å²) in [6.07, 6.45) is 5.45. The van der Waals surface area contributed by atoms with Gasteiger partial charge in [0.2, 0.25) is 0 Å². The first-order valence-electron chi connectivity index (χ1n) is 12.0. The number of aromatic nitrogens is 1. The molecule has 1 fully saturated rings. The fraction of sp³-hybridized carbons (Fsp3) is 0.259. The quantitative estimate of drug-likeness (QED) is 0.333. The number of nitrogens with one attached hydrogen (secondary N) is 2. The highest BCUT2D eigenvalue weighted by molar-refractivity contribution is 7.15. The highest BCUT2D eigenvalue weighted by atomic mass is 32.1. The monoisotopic (exact) mass is 518 g/mol. The number of thiophene rings is 1. The third-order valence-electron chi connectivity index (χ3n) is 6.64. The topological polar surface area (TPSA) is 121 Å². The van der Waals surface area contributed by atoms with Crippen molar-refractivity contribution in [1.82, 2.24) is 14.8 Å². The van der Waals surface area contributed by atoms with Gasteiger partial charge in [-0.05, 0) is 74.9 Å². The second kappa shape index (κ2) is 9.70. The molecule has 2 aromatic heterocycles. The molecule has 4 amide bonds. The molecule has 3 aromatic rings.